The van der Waals surface area contributed by atoms with E-state index in [1.807, 2.05) is 0 Å². The molecule has 1 aromatic heterocycles. The predicted octanol–water partition coefficient (Wildman–Crippen LogP) is 3.75. The second kappa shape index (κ2) is 6.37. The number of hydrogen-bond donors (Lipinski definition) is 1. The van der Waals surface area contributed by atoms with Crippen LogP contribution >= 0.6 is 11.3 Å². The van der Waals surface area contributed by atoms with Crippen molar-refractivity contribution in [2.75, 3.05) is 13.7 Å². The molecule has 0 bridgehead atoms. The number of rotatable bonds is 5. The Morgan fingerprint density at radius 3 is 2.70 bits per heavy atom. The summed E-state index contributed by atoms with van der Waals surface area (Å²) in [5, 5.41) is 3.22. The van der Waals surface area contributed by atoms with E-state index in [-0.39, 0.29) is 0 Å². The van der Waals surface area contributed by atoms with Gasteiger partial charge in [-0.15, -0.1) is 11.3 Å². The molecule has 0 saturated carbocycles. The minimum Gasteiger partial charge on any atom is -0.496 e. The Hall–Kier alpha value is -1.39. The molecule has 0 atom stereocenters. The Morgan fingerprint density at radius 2 is 2.10 bits per heavy atom. The van der Waals surface area contributed by atoms with E-state index >= 15 is 0 Å². The lowest BCUT2D eigenvalue weighted by Crippen LogP contribution is -2.02. The molecule has 0 aliphatic rings. The highest BCUT2D eigenvalue weighted by Crippen LogP contribution is 2.34. The fourth-order valence-electron chi connectivity index (χ4n) is 2.28. The molecule has 0 fully saturated rings. The average Bonchev–Trinajstić information content (AvgIpc) is 2.86. The standard InChI is InChI=1S/C16H22N2OS/c1-10(2)12-8-13(11(3)7-15(12)19-4)14-9-20-16(18-14)5-6-17/h7-10H,5-6,17H2,1-4H3. The van der Waals surface area contributed by atoms with Gasteiger partial charge in [-0.05, 0) is 42.6 Å². The van der Waals surface area contributed by atoms with E-state index in [0.29, 0.717) is 12.5 Å². The molecular formula is C16H22N2OS. The maximum Gasteiger partial charge on any atom is 0.122 e. The third-order valence-corrected chi connectivity index (χ3v) is 4.29. The van der Waals surface area contributed by atoms with E-state index in [1.165, 1.54) is 16.7 Å². The Kier molecular flexibility index (Phi) is 4.78. The van der Waals surface area contributed by atoms with Crippen LogP contribution in [0.3, 0.4) is 0 Å². The highest BCUT2D eigenvalue weighted by molar-refractivity contribution is 7.09. The zero-order chi connectivity index (χ0) is 14.7. The first-order valence-electron chi connectivity index (χ1n) is 6.90. The summed E-state index contributed by atoms with van der Waals surface area (Å²) in [4.78, 5) is 4.68. The molecule has 0 amide bonds. The van der Waals surface area contributed by atoms with Crippen LogP contribution < -0.4 is 10.5 Å². The van der Waals surface area contributed by atoms with Gasteiger partial charge in [-0.2, -0.15) is 0 Å². The molecule has 3 nitrogen and oxygen atoms in total. The number of benzene rings is 1. The molecule has 0 spiro atoms. The van der Waals surface area contributed by atoms with Crippen molar-refractivity contribution in [2.24, 2.45) is 5.73 Å². The van der Waals surface area contributed by atoms with Gasteiger partial charge in [0.1, 0.15) is 5.75 Å². The Morgan fingerprint density at radius 1 is 1.35 bits per heavy atom. The Balaban J connectivity index is 2.47. The summed E-state index contributed by atoms with van der Waals surface area (Å²) in [6.07, 6.45) is 0.844. The summed E-state index contributed by atoms with van der Waals surface area (Å²) in [5.41, 5.74) is 10.2. The zero-order valence-corrected chi connectivity index (χ0v) is 13.4. The van der Waals surface area contributed by atoms with Crippen molar-refractivity contribution < 1.29 is 4.74 Å². The highest BCUT2D eigenvalue weighted by Gasteiger charge is 2.14. The van der Waals surface area contributed by atoms with Gasteiger partial charge in [0.05, 0.1) is 17.8 Å². The van der Waals surface area contributed by atoms with E-state index in [2.05, 4.69) is 43.3 Å². The van der Waals surface area contributed by atoms with E-state index < -0.39 is 0 Å². The number of aryl methyl sites for hydroxylation is 1. The van der Waals surface area contributed by atoms with Crippen molar-refractivity contribution in [3.63, 3.8) is 0 Å². The Labute approximate surface area is 124 Å². The first-order valence-corrected chi connectivity index (χ1v) is 7.78. The number of aromatic nitrogens is 1. The molecular weight excluding hydrogens is 268 g/mol. The van der Waals surface area contributed by atoms with E-state index in [4.69, 9.17) is 10.5 Å². The van der Waals surface area contributed by atoms with Crippen molar-refractivity contribution in [1.82, 2.24) is 4.98 Å². The topological polar surface area (TPSA) is 48.1 Å². The van der Waals surface area contributed by atoms with Gasteiger partial charge in [0, 0.05) is 17.4 Å². The maximum atomic E-state index is 5.59. The number of ether oxygens (including phenoxy) is 1. The van der Waals surface area contributed by atoms with Crippen LogP contribution in [0.2, 0.25) is 0 Å². The average molecular weight is 290 g/mol. The molecule has 0 aliphatic heterocycles. The van der Waals surface area contributed by atoms with Gasteiger partial charge in [0.2, 0.25) is 0 Å². The molecule has 108 valence electrons. The van der Waals surface area contributed by atoms with Crippen LogP contribution in [0.5, 0.6) is 5.75 Å². The normalized spacial score (nSPS) is 11.1. The van der Waals surface area contributed by atoms with Crippen molar-refractivity contribution in [2.45, 2.75) is 33.1 Å². The predicted molar refractivity (Wildman–Crippen MR) is 85.7 cm³/mol. The lowest BCUT2D eigenvalue weighted by Gasteiger charge is -2.15. The highest BCUT2D eigenvalue weighted by atomic mass is 32.1. The molecule has 0 unspecified atom stereocenters. The lowest BCUT2D eigenvalue weighted by molar-refractivity contribution is 0.407. The van der Waals surface area contributed by atoms with Crippen LogP contribution in [0, 0.1) is 6.92 Å². The summed E-state index contributed by atoms with van der Waals surface area (Å²) >= 11 is 1.68. The van der Waals surface area contributed by atoms with E-state index in [0.717, 1.165) is 22.9 Å². The smallest absolute Gasteiger partial charge is 0.122 e. The Bertz CT molecular complexity index is 590. The molecule has 0 radical (unpaired) electrons. The van der Waals surface area contributed by atoms with Gasteiger partial charge in [-0.1, -0.05) is 13.8 Å². The van der Waals surface area contributed by atoms with E-state index in [9.17, 15) is 0 Å². The summed E-state index contributed by atoms with van der Waals surface area (Å²) < 4.78 is 5.49. The minimum absolute atomic E-state index is 0.423. The van der Waals surface area contributed by atoms with Crippen LogP contribution in [-0.2, 0) is 6.42 Å². The molecule has 20 heavy (non-hydrogen) atoms. The quantitative estimate of drug-likeness (QED) is 0.912. The zero-order valence-electron chi connectivity index (χ0n) is 12.6. The monoisotopic (exact) mass is 290 g/mol. The van der Waals surface area contributed by atoms with Crippen LogP contribution in [0.1, 0.15) is 35.9 Å². The van der Waals surface area contributed by atoms with Gasteiger partial charge >= 0.3 is 0 Å². The van der Waals surface area contributed by atoms with Crippen LogP contribution in [0.4, 0.5) is 0 Å². The van der Waals surface area contributed by atoms with Crippen LogP contribution in [-0.4, -0.2) is 18.6 Å². The first kappa shape index (κ1) is 15.0. The van der Waals surface area contributed by atoms with Crippen molar-refractivity contribution >= 4 is 11.3 Å². The maximum absolute atomic E-state index is 5.59. The number of nitrogens with two attached hydrogens (primary N) is 1. The number of thiazole rings is 1. The first-order chi connectivity index (χ1) is 9.56. The van der Waals surface area contributed by atoms with Gasteiger partial charge < -0.3 is 10.5 Å². The van der Waals surface area contributed by atoms with Crippen molar-refractivity contribution in [1.29, 1.82) is 0 Å². The van der Waals surface area contributed by atoms with Gasteiger partial charge in [0.25, 0.3) is 0 Å². The number of hydrogen-bond acceptors (Lipinski definition) is 4. The summed E-state index contributed by atoms with van der Waals surface area (Å²) in [5.74, 6) is 1.38. The third kappa shape index (κ3) is 3.02. The third-order valence-electron chi connectivity index (χ3n) is 3.38. The number of nitrogens with zero attached hydrogens (tertiary/aromatic N) is 1. The lowest BCUT2D eigenvalue weighted by atomic mass is 9.95. The summed E-state index contributed by atoms with van der Waals surface area (Å²) in [6, 6.07) is 4.31. The molecule has 4 heteroatoms. The van der Waals surface area contributed by atoms with Crippen LogP contribution in [0.15, 0.2) is 17.5 Å². The molecule has 1 heterocycles. The van der Waals surface area contributed by atoms with Gasteiger partial charge in [-0.25, -0.2) is 4.98 Å². The molecule has 0 saturated heterocycles. The minimum atomic E-state index is 0.423. The fourth-order valence-corrected chi connectivity index (χ4v) is 3.09. The number of methoxy groups -OCH3 is 1. The molecule has 2 rings (SSSR count). The summed E-state index contributed by atoms with van der Waals surface area (Å²) in [6.45, 7) is 7.10. The SMILES string of the molecule is COc1cc(C)c(-c2csc(CCN)n2)cc1C(C)C. The van der Waals surface area contributed by atoms with Gasteiger partial charge in [-0.3, -0.25) is 0 Å². The fraction of sp³-hybridized carbons (Fsp3) is 0.438. The second-order valence-corrected chi connectivity index (χ2v) is 6.17. The molecule has 0 aliphatic carbocycles. The van der Waals surface area contributed by atoms with Crippen LogP contribution in [0.25, 0.3) is 11.3 Å². The van der Waals surface area contributed by atoms with E-state index in [1.54, 1.807) is 18.4 Å². The largest absolute Gasteiger partial charge is 0.496 e. The van der Waals surface area contributed by atoms with Crippen molar-refractivity contribution in [3.8, 4) is 17.0 Å². The van der Waals surface area contributed by atoms with Crippen molar-refractivity contribution in [3.05, 3.63) is 33.6 Å². The molecule has 1 aromatic carbocycles. The molecule has 2 aromatic rings. The second-order valence-electron chi connectivity index (χ2n) is 5.23. The molecule has 2 N–H and O–H groups in total. The van der Waals surface area contributed by atoms with Gasteiger partial charge in [0.15, 0.2) is 0 Å². The summed E-state index contributed by atoms with van der Waals surface area (Å²) in [7, 11) is 1.72.